The third kappa shape index (κ3) is 9.69. The first-order valence-corrected chi connectivity index (χ1v) is 13.7. The summed E-state index contributed by atoms with van der Waals surface area (Å²) < 4.78 is 11.5. The molecule has 0 spiro atoms. The predicted octanol–water partition coefficient (Wildman–Crippen LogP) is 0.0359. The van der Waals surface area contributed by atoms with Crippen LogP contribution >= 0.6 is 0 Å². The second kappa shape index (κ2) is 15.9. The Morgan fingerprint density at radius 2 is 1.68 bits per heavy atom. The lowest BCUT2D eigenvalue weighted by Gasteiger charge is -2.35. The number of carboxylic acid groups (broad SMARTS) is 2. The Morgan fingerprint density at radius 3 is 2.30 bits per heavy atom. The van der Waals surface area contributed by atoms with Crippen molar-refractivity contribution in [2.24, 2.45) is 0 Å². The minimum Gasteiger partial charge on any atom is -0.481 e. The number of amides is 3. The predicted molar refractivity (Wildman–Crippen MR) is 149 cm³/mol. The molecule has 2 heterocycles. The highest BCUT2D eigenvalue weighted by atomic mass is 16.8. The molecule has 1 aliphatic heterocycles. The highest BCUT2D eigenvalue weighted by Gasteiger charge is 2.31. The van der Waals surface area contributed by atoms with Crippen molar-refractivity contribution in [1.29, 1.82) is 0 Å². The molecule has 1 aromatic heterocycles. The maximum atomic E-state index is 13.3. The number of aromatic nitrogens is 2. The van der Waals surface area contributed by atoms with Gasteiger partial charge in [-0.05, 0) is 32.4 Å². The van der Waals surface area contributed by atoms with Crippen LogP contribution in [0.15, 0.2) is 36.4 Å². The summed E-state index contributed by atoms with van der Waals surface area (Å²) in [5.74, 6) is -4.47. The monoisotopic (exact) mass is 618 g/mol. The fourth-order valence-electron chi connectivity index (χ4n) is 4.04. The molecule has 17 heteroatoms. The summed E-state index contributed by atoms with van der Waals surface area (Å²) in [6, 6.07) is 7.37. The first-order valence-electron chi connectivity index (χ1n) is 13.7. The van der Waals surface area contributed by atoms with Crippen molar-refractivity contribution in [1.82, 2.24) is 30.4 Å². The number of hydrogen-bond donors (Lipinski definition) is 4. The van der Waals surface area contributed by atoms with Crippen LogP contribution in [-0.4, -0.2) is 117 Å². The summed E-state index contributed by atoms with van der Waals surface area (Å²) in [6.45, 7) is 3.10. The number of piperazine rings is 1. The van der Waals surface area contributed by atoms with E-state index in [1.165, 1.54) is 27.6 Å². The van der Waals surface area contributed by atoms with E-state index in [0.717, 1.165) is 0 Å². The molecule has 4 N–H and O–H groups in total. The van der Waals surface area contributed by atoms with Crippen LogP contribution in [0.25, 0.3) is 5.69 Å². The van der Waals surface area contributed by atoms with Gasteiger partial charge in [-0.3, -0.25) is 24.0 Å². The van der Waals surface area contributed by atoms with Gasteiger partial charge >= 0.3 is 18.1 Å². The third-order valence-electron chi connectivity index (χ3n) is 6.28. The Balaban J connectivity index is 1.74. The number of para-hydroxylation sites is 1. The molecule has 0 unspecified atom stereocenters. The summed E-state index contributed by atoms with van der Waals surface area (Å²) in [5, 5.41) is 28.6. The average molecular weight is 619 g/mol. The highest BCUT2D eigenvalue weighted by Crippen LogP contribution is 2.20. The number of hydrogen-bond acceptors (Lipinski definition) is 11. The first-order chi connectivity index (χ1) is 21.0. The van der Waals surface area contributed by atoms with E-state index in [2.05, 4.69) is 15.7 Å². The molecule has 0 radical (unpaired) electrons. The molecule has 17 nitrogen and oxygen atoms in total. The van der Waals surface area contributed by atoms with E-state index in [-0.39, 0.29) is 50.8 Å². The maximum Gasteiger partial charge on any atom is 0.527 e. The molecular weight excluding hydrogens is 584 g/mol. The van der Waals surface area contributed by atoms with E-state index in [0.29, 0.717) is 5.69 Å². The zero-order valence-electron chi connectivity index (χ0n) is 24.1. The Morgan fingerprint density at radius 1 is 1.00 bits per heavy atom. The van der Waals surface area contributed by atoms with Gasteiger partial charge in [0.2, 0.25) is 11.8 Å². The van der Waals surface area contributed by atoms with E-state index >= 15 is 0 Å². The van der Waals surface area contributed by atoms with E-state index in [9.17, 15) is 33.9 Å². The second-order valence-corrected chi connectivity index (χ2v) is 9.52. The summed E-state index contributed by atoms with van der Waals surface area (Å²) in [6.07, 6.45) is -1.48. The van der Waals surface area contributed by atoms with Gasteiger partial charge in [0.25, 0.3) is 11.8 Å². The molecule has 44 heavy (non-hydrogen) atoms. The standard InChI is InChI=1S/C27H34N6O11/c1-3-42-27(41)44-32-13-11-31(12-14-32)25(38)19(9-10-23(35)36)29-24(37)20-15-22(33(30-20)18-7-5-4-6-8-18)43-16-21(34)28-17(2)26(39)40/h4-8,15,17,19H,3,9-14,16H2,1-2H3,(H,28,34)(H,29,37)(H,35,36)(H,39,40)/t17-,19+/m1/s1. The SMILES string of the molecule is CCOC(=O)ON1CCN(C(=O)[C@H](CCC(=O)O)NC(=O)c2cc(OCC(=O)N[C@H](C)C(=O)O)n(-c3ccccc3)n2)CC1. The van der Waals surface area contributed by atoms with Crippen molar-refractivity contribution in [2.45, 2.75) is 38.8 Å². The molecule has 1 fully saturated rings. The van der Waals surface area contributed by atoms with Crippen LogP contribution in [-0.2, 0) is 28.8 Å². The van der Waals surface area contributed by atoms with Crippen LogP contribution < -0.4 is 15.4 Å². The fourth-order valence-corrected chi connectivity index (χ4v) is 4.04. The van der Waals surface area contributed by atoms with Crippen LogP contribution in [0.5, 0.6) is 5.88 Å². The number of rotatable bonds is 14. The lowest BCUT2D eigenvalue weighted by molar-refractivity contribution is -0.157. The zero-order valence-corrected chi connectivity index (χ0v) is 24.1. The highest BCUT2D eigenvalue weighted by molar-refractivity contribution is 5.96. The number of carbonyl (C=O) groups excluding carboxylic acids is 4. The van der Waals surface area contributed by atoms with Crippen LogP contribution in [0.2, 0.25) is 0 Å². The lowest BCUT2D eigenvalue weighted by Crippen LogP contribution is -2.55. The number of benzene rings is 1. The second-order valence-electron chi connectivity index (χ2n) is 9.52. The van der Waals surface area contributed by atoms with Gasteiger partial charge in [0.05, 0.1) is 25.4 Å². The Labute approximate surface area is 251 Å². The molecule has 1 aliphatic rings. The third-order valence-corrected chi connectivity index (χ3v) is 6.28. The van der Waals surface area contributed by atoms with Gasteiger partial charge in [-0.15, -0.1) is 5.06 Å². The van der Waals surface area contributed by atoms with Crippen LogP contribution in [0.1, 0.15) is 37.2 Å². The van der Waals surface area contributed by atoms with Gasteiger partial charge in [0.1, 0.15) is 12.1 Å². The minimum absolute atomic E-state index is 0.0226. The quantitative estimate of drug-likeness (QED) is 0.206. The molecule has 238 valence electrons. The summed E-state index contributed by atoms with van der Waals surface area (Å²) in [4.78, 5) is 79.2. The van der Waals surface area contributed by atoms with E-state index in [4.69, 9.17) is 19.4 Å². The number of nitrogens with zero attached hydrogens (tertiary/aromatic N) is 4. The van der Waals surface area contributed by atoms with Gasteiger partial charge in [-0.25, -0.2) is 9.48 Å². The van der Waals surface area contributed by atoms with E-state index in [1.54, 1.807) is 37.3 Å². The lowest BCUT2D eigenvalue weighted by atomic mass is 10.1. The molecule has 2 aromatic rings. The van der Waals surface area contributed by atoms with Gasteiger partial charge in [-0.1, -0.05) is 18.2 Å². The van der Waals surface area contributed by atoms with Crippen LogP contribution in [0, 0.1) is 0 Å². The molecule has 0 bridgehead atoms. The number of hydroxylamine groups is 2. The Hall–Kier alpha value is -5.19. The van der Waals surface area contributed by atoms with Crippen molar-refractivity contribution in [3.05, 3.63) is 42.1 Å². The van der Waals surface area contributed by atoms with Gasteiger partial charge in [-0.2, -0.15) is 5.10 Å². The van der Waals surface area contributed by atoms with Crippen molar-refractivity contribution < 1.29 is 53.3 Å². The number of aliphatic carboxylic acids is 2. The largest absolute Gasteiger partial charge is 0.527 e. The minimum atomic E-state index is -1.23. The Bertz CT molecular complexity index is 1340. The normalized spacial score (nSPS) is 14.5. The molecule has 3 rings (SSSR count). The summed E-state index contributed by atoms with van der Waals surface area (Å²) >= 11 is 0. The van der Waals surface area contributed by atoms with Crippen LogP contribution in [0.4, 0.5) is 4.79 Å². The van der Waals surface area contributed by atoms with E-state index in [1.807, 2.05) is 0 Å². The average Bonchev–Trinajstić information content (AvgIpc) is 3.43. The van der Waals surface area contributed by atoms with E-state index < -0.39 is 60.9 Å². The van der Waals surface area contributed by atoms with Gasteiger partial charge < -0.3 is 40.1 Å². The number of carboxylic acids is 2. The fraction of sp³-hybridized carbons (Fsp3) is 0.444. The molecule has 3 amide bonds. The smallest absolute Gasteiger partial charge is 0.481 e. The number of carbonyl (C=O) groups is 6. The zero-order chi connectivity index (χ0) is 32.2. The van der Waals surface area contributed by atoms with Crippen molar-refractivity contribution in [2.75, 3.05) is 39.4 Å². The topological polar surface area (TPSA) is 219 Å². The van der Waals surface area contributed by atoms with Gasteiger partial charge in [0, 0.05) is 25.6 Å². The van der Waals surface area contributed by atoms with Gasteiger partial charge in [0.15, 0.2) is 12.3 Å². The van der Waals surface area contributed by atoms with Crippen molar-refractivity contribution in [3.8, 4) is 11.6 Å². The van der Waals surface area contributed by atoms with Crippen LogP contribution in [0.3, 0.4) is 0 Å². The summed E-state index contributed by atoms with van der Waals surface area (Å²) in [5.41, 5.74) is 0.284. The Kier molecular flexibility index (Phi) is 12.0. The van der Waals surface area contributed by atoms with Crippen molar-refractivity contribution >= 4 is 35.8 Å². The first kappa shape index (κ1) is 33.3. The molecule has 1 saturated heterocycles. The molecule has 1 aromatic carbocycles. The molecule has 0 saturated carbocycles. The number of nitrogens with one attached hydrogen (secondary N) is 2. The molecular formula is C27H34N6O11. The molecule has 2 atom stereocenters. The van der Waals surface area contributed by atoms with Crippen molar-refractivity contribution in [3.63, 3.8) is 0 Å². The molecule has 0 aliphatic carbocycles. The summed E-state index contributed by atoms with van der Waals surface area (Å²) in [7, 11) is 0. The maximum absolute atomic E-state index is 13.3. The number of ether oxygens (including phenoxy) is 2.